The third-order valence-corrected chi connectivity index (χ3v) is 5.51. The lowest BCUT2D eigenvalue weighted by Gasteiger charge is -2.35. The van der Waals surface area contributed by atoms with Crippen molar-refractivity contribution in [2.45, 2.75) is 51.6 Å². The lowest BCUT2D eigenvalue weighted by atomic mass is 10.0. The van der Waals surface area contributed by atoms with Crippen molar-refractivity contribution in [2.24, 2.45) is 5.92 Å². The van der Waals surface area contributed by atoms with Crippen LogP contribution in [0.5, 0.6) is 0 Å². The van der Waals surface area contributed by atoms with Crippen LogP contribution in [-0.2, 0) is 9.59 Å². The summed E-state index contributed by atoms with van der Waals surface area (Å²) in [5, 5.41) is 2.92. The van der Waals surface area contributed by atoms with Gasteiger partial charge in [-0.3, -0.25) is 14.4 Å². The molecule has 0 aliphatic carbocycles. The fourth-order valence-corrected chi connectivity index (χ4v) is 3.92. The first kappa shape index (κ1) is 20.3. The van der Waals surface area contributed by atoms with E-state index in [1.165, 1.54) is 18.2 Å². The molecule has 2 saturated heterocycles. The highest BCUT2D eigenvalue weighted by molar-refractivity contribution is 5.94. The normalized spacial score (nSPS) is 21.1. The molecule has 1 unspecified atom stereocenters. The molecule has 1 atom stereocenters. The largest absolute Gasteiger partial charge is 0.349 e. The molecule has 3 rings (SSSR count). The van der Waals surface area contributed by atoms with E-state index in [1.54, 1.807) is 15.9 Å². The zero-order chi connectivity index (χ0) is 20.5. The van der Waals surface area contributed by atoms with E-state index in [9.17, 15) is 18.8 Å². The summed E-state index contributed by atoms with van der Waals surface area (Å²) in [7, 11) is 0. The van der Waals surface area contributed by atoms with Crippen molar-refractivity contribution < 1.29 is 18.8 Å². The highest BCUT2D eigenvalue weighted by atomic mass is 19.1. The second-order valence-electron chi connectivity index (χ2n) is 8.66. The Hall–Kier alpha value is -2.44. The van der Waals surface area contributed by atoms with Crippen LogP contribution >= 0.6 is 0 Å². The number of benzene rings is 1. The number of nitrogens with zero attached hydrogens (tertiary/aromatic N) is 2. The van der Waals surface area contributed by atoms with E-state index in [-0.39, 0.29) is 41.6 Å². The van der Waals surface area contributed by atoms with Crippen LogP contribution in [0.2, 0.25) is 0 Å². The average Bonchev–Trinajstić information content (AvgIpc) is 3.04. The van der Waals surface area contributed by atoms with Crippen LogP contribution in [0.1, 0.15) is 50.4 Å². The summed E-state index contributed by atoms with van der Waals surface area (Å²) in [5.74, 6) is -0.974. The third-order valence-electron chi connectivity index (χ3n) is 5.51. The molecule has 6 nitrogen and oxygen atoms in total. The van der Waals surface area contributed by atoms with Crippen LogP contribution in [0.3, 0.4) is 0 Å². The molecule has 0 bridgehead atoms. The lowest BCUT2D eigenvalue weighted by molar-refractivity contribution is -0.136. The summed E-state index contributed by atoms with van der Waals surface area (Å²) in [6.45, 7) is 7.50. The first-order chi connectivity index (χ1) is 13.1. The van der Waals surface area contributed by atoms with Gasteiger partial charge >= 0.3 is 0 Å². The Labute approximate surface area is 165 Å². The molecule has 1 aromatic rings. The molecule has 0 spiro atoms. The molecule has 0 radical (unpaired) electrons. The average molecular weight is 389 g/mol. The Morgan fingerprint density at radius 2 is 1.86 bits per heavy atom. The van der Waals surface area contributed by atoms with Crippen molar-refractivity contribution in [1.82, 2.24) is 15.1 Å². The fourth-order valence-electron chi connectivity index (χ4n) is 3.92. The smallest absolute Gasteiger partial charge is 0.251 e. The topological polar surface area (TPSA) is 69.7 Å². The van der Waals surface area contributed by atoms with Crippen LogP contribution < -0.4 is 5.32 Å². The van der Waals surface area contributed by atoms with Crippen molar-refractivity contribution in [3.05, 3.63) is 35.6 Å². The maximum Gasteiger partial charge on any atom is 0.251 e. The van der Waals surface area contributed by atoms with Crippen LogP contribution in [0, 0.1) is 11.7 Å². The quantitative estimate of drug-likeness (QED) is 0.862. The molecule has 7 heteroatoms. The van der Waals surface area contributed by atoms with Crippen LogP contribution in [-0.4, -0.2) is 58.7 Å². The molecule has 3 amide bonds. The first-order valence-corrected chi connectivity index (χ1v) is 9.81. The number of rotatable bonds is 3. The van der Waals surface area contributed by atoms with Gasteiger partial charge in [0.1, 0.15) is 5.82 Å². The van der Waals surface area contributed by atoms with E-state index in [4.69, 9.17) is 0 Å². The molecule has 28 heavy (non-hydrogen) atoms. The molecular formula is C21H28FN3O3. The van der Waals surface area contributed by atoms with Gasteiger partial charge < -0.3 is 15.1 Å². The monoisotopic (exact) mass is 389 g/mol. The minimum absolute atomic E-state index is 0.0232. The summed E-state index contributed by atoms with van der Waals surface area (Å²) < 4.78 is 13.3. The molecule has 0 saturated carbocycles. The third kappa shape index (κ3) is 4.51. The van der Waals surface area contributed by atoms with E-state index >= 15 is 0 Å². The first-order valence-electron chi connectivity index (χ1n) is 9.81. The van der Waals surface area contributed by atoms with E-state index in [2.05, 4.69) is 5.32 Å². The minimum Gasteiger partial charge on any atom is -0.349 e. The van der Waals surface area contributed by atoms with Crippen molar-refractivity contribution in [3.63, 3.8) is 0 Å². The Kier molecular flexibility index (Phi) is 5.72. The van der Waals surface area contributed by atoms with Gasteiger partial charge in [0, 0.05) is 43.2 Å². The predicted octanol–water partition coefficient (Wildman–Crippen LogP) is 2.19. The van der Waals surface area contributed by atoms with Crippen LogP contribution in [0.4, 0.5) is 4.39 Å². The Morgan fingerprint density at radius 3 is 2.43 bits per heavy atom. The van der Waals surface area contributed by atoms with E-state index in [0.717, 1.165) is 0 Å². The van der Waals surface area contributed by atoms with Crippen molar-refractivity contribution >= 4 is 17.7 Å². The van der Waals surface area contributed by atoms with Crippen molar-refractivity contribution in [3.8, 4) is 0 Å². The molecule has 1 N–H and O–H groups in total. The van der Waals surface area contributed by atoms with Gasteiger partial charge in [0.2, 0.25) is 11.8 Å². The number of likely N-dealkylation sites (tertiary alicyclic amines) is 2. The van der Waals surface area contributed by atoms with Gasteiger partial charge in [0.15, 0.2) is 0 Å². The second kappa shape index (κ2) is 7.89. The maximum atomic E-state index is 13.3. The Balaban J connectivity index is 1.51. The zero-order valence-corrected chi connectivity index (χ0v) is 16.7. The second-order valence-corrected chi connectivity index (χ2v) is 8.66. The number of amides is 3. The van der Waals surface area contributed by atoms with Gasteiger partial charge in [0.25, 0.3) is 5.91 Å². The van der Waals surface area contributed by atoms with Crippen molar-refractivity contribution in [1.29, 1.82) is 0 Å². The molecular weight excluding hydrogens is 361 g/mol. The molecule has 152 valence electrons. The van der Waals surface area contributed by atoms with E-state index < -0.39 is 5.82 Å². The molecule has 2 aliphatic heterocycles. The van der Waals surface area contributed by atoms with Gasteiger partial charge in [-0.2, -0.15) is 0 Å². The van der Waals surface area contributed by atoms with Gasteiger partial charge in [-0.05, 0) is 51.8 Å². The van der Waals surface area contributed by atoms with E-state index in [1.807, 2.05) is 20.8 Å². The summed E-state index contributed by atoms with van der Waals surface area (Å²) in [4.78, 5) is 40.9. The fraction of sp³-hybridized carbons (Fsp3) is 0.571. The maximum absolute atomic E-state index is 13.3. The zero-order valence-electron chi connectivity index (χ0n) is 16.7. The molecule has 2 aliphatic rings. The number of hydrogen-bond donors (Lipinski definition) is 1. The summed E-state index contributed by atoms with van der Waals surface area (Å²) in [6.07, 6.45) is 1.57. The number of halogens is 1. The number of carbonyl (C=O) groups is 3. The standard InChI is InChI=1S/C21H28FN3O3/c1-21(2,3)25-13-15(12-18(25)26)20(28)24-9-7-17(8-10-24)23-19(27)14-5-4-6-16(22)11-14/h4-6,11,15,17H,7-10,12-13H2,1-3H3,(H,23,27). The number of carbonyl (C=O) groups excluding carboxylic acids is 3. The summed E-state index contributed by atoms with van der Waals surface area (Å²) >= 11 is 0. The van der Waals surface area contributed by atoms with E-state index in [0.29, 0.717) is 38.0 Å². The van der Waals surface area contributed by atoms with Gasteiger partial charge in [-0.25, -0.2) is 4.39 Å². The minimum atomic E-state index is -0.441. The van der Waals surface area contributed by atoms with Gasteiger partial charge in [-0.1, -0.05) is 6.07 Å². The highest BCUT2D eigenvalue weighted by Crippen LogP contribution is 2.28. The van der Waals surface area contributed by atoms with Crippen molar-refractivity contribution in [2.75, 3.05) is 19.6 Å². The predicted molar refractivity (Wildman–Crippen MR) is 103 cm³/mol. The van der Waals surface area contributed by atoms with Crippen LogP contribution in [0.25, 0.3) is 0 Å². The number of hydrogen-bond acceptors (Lipinski definition) is 3. The lowest BCUT2D eigenvalue weighted by Crippen LogP contribution is -2.48. The SMILES string of the molecule is CC(C)(C)N1CC(C(=O)N2CCC(NC(=O)c3cccc(F)c3)CC2)CC1=O. The number of piperidine rings is 1. The molecule has 2 fully saturated rings. The Morgan fingerprint density at radius 1 is 1.18 bits per heavy atom. The van der Waals surface area contributed by atoms with Gasteiger partial charge in [0.05, 0.1) is 5.92 Å². The molecule has 2 heterocycles. The summed E-state index contributed by atoms with van der Waals surface area (Å²) in [6, 6.07) is 5.56. The molecule has 0 aromatic heterocycles. The number of nitrogens with one attached hydrogen (secondary N) is 1. The van der Waals surface area contributed by atoms with Gasteiger partial charge in [-0.15, -0.1) is 0 Å². The summed E-state index contributed by atoms with van der Waals surface area (Å²) in [5.41, 5.74) is 0.0190. The molecule has 1 aromatic carbocycles. The van der Waals surface area contributed by atoms with Crippen LogP contribution in [0.15, 0.2) is 24.3 Å². The Bertz CT molecular complexity index is 766. The highest BCUT2D eigenvalue weighted by Gasteiger charge is 2.41.